The zero-order chi connectivity index (χ0) is 16.3. The number of aliphatic hydroxyl groups is 1. The summed E-state index contributed by atoms with van der Waals surface area (Å²) in [5, 5.41) is 13.1. The van der Waals surface area contributed by atoms with Crippen molar-refractivity contribution in [2.24, 2.45) is 0 Å². The molecule has 0 saturated carbocycles. The smallest absolute Gasteiger partial charge is 0.240 e. The third-order valence-electron chi connectivity index (χ3n) is 3.99. The lowest BCUT2D eigenvalue weighted by molar-refractivity contribution is -0.118. The summed E-state index contributed by atoms with van der Waals surface area (Å²) in [6, 6.07) is 0.348. The second kappa shape index (κ2) is 7.50. The van der Waals surface area contributed by atoms with Crippen LogP contribution >= 0.6 is 11.3 Å². The van der Waals surface area contributed by atoms with Crippen molar-refractivity contribution in [3.63, 3.8) is 0 Å². The number of β-amino-alcohol motifs (C(OH)–C–C–N with tert-alkyl or cyclic N) is 1. The summed E-state index contributed by atoms with van der Waals surface area (Å²) in [5.41, 5.74) is 0.973. The number of aromatic nitrogens is 1. The molecule has 2 rings (SSSR count). The van der Waals surface area contributed by atoms with Crippen molar-refractivity contribution in [3.8, 4) is 0 Å². The maximum Gasteiger partial charge on any atom is 0.240 e. The molecule has 1 saturated heterocycles. The molecule has 2 N–H and O–H groups in total. The number of carbonyl (C=O) groups is 1. The zero-order valence-corrected chi connectivity index (χ0v) is 14.6. The molecule has 1 aliphatic heterocycles. The third-order valence-corrected chi connectivity index (χ3v) is 4.98. The molecular weight excluding hydrogens is 300 g/mol. The number of aliphatic hydroxyl groups excluding tert-OH is 1. The van der Waals surface area contributed by atoms with Crippen molar-refractivity contribution in [1.82, 2.24) is 14.8 Å². The first kappa shape index (κ1) is 17.3. The first-order chi connectivity index (χ1) is 10.3. The van der Waals surface area contributed by atoms with Gasteiger partial charge in [-0.25, -0.2) is 4.98 Å². The Morgan fingerprint density at radius 1 is 1.50 bits per heavy atom. The molecule has 124 valence electrons. The molecule has 0 radical (unpaired) electrons. The van der Waals surface area contributed by atoms with E-state index in [9.17, 15) is 9.90 Å². The lowest BCUT2D eigenvalue weighted by Crippen LogP contribution is -2.54. The van der Waals surface area contributed by atoms with Crippen molar-refractivity contribution in [3.05, 3.63) is 10.6 Å². The van der Waals surface area contributed by atoms with Gasteiger partial charge in [0.2, 0.25) is 5.91 Å². The van der Waals surface area contributed by atoms with Crippen molar-refractivity contribution in [2.75, 3.05) is 38.0 Å². The average Bonchev–Trinajstić information content (AvgIpc) is 2.71. The van der Waals surface area contributed by atoms with Gasteiger partial charge in [0.15, 0.2) is 5.13 Å². The van der Waals surface area contributed by atoms with Crippen LogP contribution in [0.5, 0.6) is 0 Å². The Morgan fingerprint density at radius 2 is 2.23 bits per heavy atom. The molecule has 1 aromatic heterocycles. The normalized spacial score (nSPS) is 21.8. The Hall–Kier alpha value is -1.02. The van der Waals surface area contributed by atoms with Crippen molar-refractivity contribution < 1.29 is 9.90 Å². The highest BCUT2D eigenvalue weighted by Gasteiger charge is 2.25. The molecule has 7 heteroatoms. The molecular formula is C15H26N4O2S. The number of nitrogens with one attached hydrogen (secondary N) is 1. The minimum absolute atomic E-state index is 0.00933. The Balaban J connectivity index is 1.80. The van der Waals surface area contributed by atoms with Crippen LogP contribution in [0.25, 0.3) is 0 Å². The van der Waals surface area contributed by atoms with E-state index in [4.69, 9.17) is 0 Å². The number of rotatable bonds is 5. The van der Waals surface area contributed by atoms with Gasteiger partial charge in [0.1, 0.15) is 0 Å². The molecule has 2 atom stereocenters. The molecule has 1 fully saturated rings. The number of piperazine rings is 1. The third kappa shape index (κ3) is 4.74. The van der Waals surface area contributed by atoms with Gasteiger partial charge in [0.05, 0.1) is 18.3 Å². The summed E-state index contributed by atoms with van der Waals surface area (Å²) in [7, 11) is 0. The van der Waals surface area contributed by atoms with Crippen molar-refractivity contribution in [1.29, 1.82) is 0 Å². The molecule has 0 aliphatic carbocycles. The lowest BCUT2D eigenvalue weighted by Gasteiger charge is -2.40. The second-order valence-corrected chi connectivity index (χ2v) is 7.34. The number of hydrogen-bond acceptors (Lipinski definition) is 6. The lowest BCUT2D eigenvalue weighted by atomic mass is 10.1. The maximum atomic E-state index is 12.1. The van der Waals surface area contributed by atoms with Gasteiger partial charge in [-0.2, -0.15) is 0 Å². The van der Waals surface area contributed by atoms with Crippen molar-refractivity contribution in [2.45, 2.75) is 39.8 Å². The molecule has 2 heterocycles. The number of nitrogens with zero attached hydrogens (tertiary/aromatic N) is 3. The van der Waals surface area contributed by atoms with Crippen LogP contribution in [-0.4, -0.2) is 70.7 Å². The monoisotopic (exact) mass is 326 g/mol. The summed E-state index contributed by atoms with van der Waals surface area (Å²) in [4.78, 5) is 22.0. The molecule has 0 unspecified atom stereocenters. The van der Waals surface area contributed by atoms with Crippen LogP contribution in [0.1, 0.15) is 24.4 Å². The topological polar surface area (TPSA) is 68.7 Å². The quantitative estimate of drug-likeness (QED) is 0.848. The van der Waals surface area contributed by atoms with Crippen LogP contribution in [0.4, 0.5) is 5.13 Å². The number of anilines is 1. The van der Waals surface area contributed by atoms with Gasteiger partial charge in [-0.15, -0.1) is 11.3 Å². The van der Waals surface area contributed by atoms with E-state index in [0.29, 0.717) is 24.3 Å². The van der Waals surface area contributed by atoms with E-state index < -0.39 is 0 Å². The summed E-state index contributed by atoms with van der Waals surface area (Å²) < 4.78 is 0. The van der Waals surface area contributed by atoms with Gasteiger partial charge in [0.25, 0.3) is 0 Å². The van der Waals surface area contributed by atoms with E-state index in [1.165, 1.54) is 11.3 Å². The molecule has 6 nitrogen and oxygen atoms in total. The average molecular weight is 326 g/mol. The highest BCUT2D eigenvalue weighted by molar-refractivity contribution is 7.15. The SMILES string of the molecule is Cc1nc(NC(=O)CN2CCN(C[C@H](C)O)[C@H](C)C2)sc1C. The zero-order valence-electron chi connectivity index (χ0n) is 13.8. The molecule has 1 aromatic rings. The Morgan fingerprint density at radius 3 is 2.77 bits per heavy atom. The fraction of sp³-hybridized carbons (Fsp3) is 0.733. The van der Waals surface area contributed by atoms with Crippen molar-refractivity contribution >= 4 is 22.4 Å². The van der Waals surface area contributed by atoms with Crippen LogP contribution < -0.4 is 5.32 Å². The van der Waals surface area contributed by atoms with E-state index >= 15 is 0 Å². The molecule has 0 spiro atoms. The Labute approximate surface area is 136 Å². The minimum Gasteiger partial charge on any atom is -0.392 e. The van der Waals surface area contributed by atoms with Gasteiger partial charge >= 0.3 is 0 Å². The predicted octanol–water partition coefficient (Wildman–Crippen LogP) is 1.09. The molecule has 0 bridgehead atoms. The van der Waals surface area contributed by atoms with Crippen LogP contribution in [0.15, 0.2) is 0 Å². The Bertz CT molecular complexity index is 498. The highest BCUT2D eigenvalue weighted by Crippen LogP contribution is 2.21. The molecule has 1 amide bonds. The van der Waals surface area contributed by atoms with Gasteiger partial charge in [-0.3, -0.25) is 14.6 Å². The van der Waals surface area contributed by atoms with E-state index in [-0.39, 0.29) is 12.0 Å². The second-order valence-electron chi connectivity index (χ2n) is 6.14. The molecule has 22 heavy (non-hydrogen) atoms. The van der Waals surface area contributed by atoms with E-state index in [1.54, 1.807) is 0 Å². The fourth-order valence-corrected chi connectivity index (χ4v) is 3.54. The fourth-order valence-electron chi connectivity index (χ4n) is 2.71. The minimum atomic E-state index is -0.311. The van der Waals surface area contributed by atoms with Gasteiger partial charge in [-0.05, 0) is 27.7 Å². The van der Waals surface area contributed by atoms with E-state index in [0.717, 1.165) is 30.2 Å². The number of aryl methyl sites for hydroxylation is 2. The predicted molar refractivity (Wildman–Crippen MR) is 89.4 cm³/mol. The number of carbonyl (C=O) groups excluding carboxylic acids is 1. The standard InChI is InChI=1S/C15H26N4O2S/c1-10-7-18(5-6-19(10)8-11(2)20)9-14(21)17-15-16-12(3)13(4)22-15/h10-11,20H,5-9H2,1-4H3,(H,16,17,21)/t10-,11+/m1/s1. The first-order valence-electron chi connectivity index (χ1n) is 7.73. The van der Waals surface area contributed by atoms with Crippen LogP contribution in [0.3, 0.4) is 0 Å². The van der Waals surface area contributed by atoms with E-state index in [2.05, 4.69) is 27.0 Å². The van der Waals surface area contributed by atoms with E-state index in [1.807, 2.05) is 20.8 Å². The summed E-state index contributed by atoms with van der Waals surface area (Å²) in [6.07, 6.45) is -0.311. The summed E-state index contributed by atoms with van der Waals surface area (Å²) in [5.74, 6) is -0.00933. The van der Waals surface area contributed by atoms with Crippen LogP contribution in [-0.2, 0) is 4.79 Å². The van der Waals surface area contributed by atoms with Crippen LogP contribution in [0.2, 0.25) is 0 Å². The van der Waals surface area contributed by atoms with Gasteiger partial charge in [0, 0.05) is 37.1 Å². The highest BCUT2D eigenvalue weighted by atomic mass is 32.1. The van der Waals surface area contributed by atoms with Crippen LogP contribution in [0, 0.1) is 13.8 Å². The first-order valence-corrected chi connectivity index (χ1v) is 8.55. The molecule has 1 aliphatic rings. The summed E-state index contributed by atoms with van der Waals surface area (Å²) >= 11 is 1.51. The number of thiazole rings is 1. The molecule has 0 aromatic carbocycles. The number of hydrogen-bond donors (Lipinski definition) is 2. The maximum absolute atomic E-state index is 12.1. The Kier molecular flexibility index (Phi) is 5.91. The number of amides is 1. The van der Waals surface area contributed by atoms with Gasteiger partial charge in [-0.1, -0.05) is 0 Å². The largest absolute Gasteiger partial charge is 0.392 e. The summed E-state index contributed by atoms with van der Waals surface area (Å²) in [6.45, 7) is 11.6. The van der Waals surface area contributed by atoms with Gasteiger partial charge < -0.3 is 10.4 Å².